The Labute approximate surface area is 68.1 Å². The highest BCUT2D eigenvalue weighted by Crippen LogP contribution is 2.20. The van der Waals surface area contributed by atoms with Crippen LogP contribution < -0.4 is 0 Å². The molecule has 0 N–H and O–H groups in total. The van der Waals surface area contributed by atoms with Gasteiger partial charge in [0.25, 0.3) is 0 Å². The van der Waals surface area contributed by atoms with Gasteiger partial charge in [-0.05, 0) is 34.7 Å². The highest BCUT2D eigenvalue weighted by atomic mass is 127. The van der Waals surface area contributed by atoms with E-state index in [0.717, 1.165) is 0 Å². The molecule has 1 aliphatic rings. The van der Waals surface area contributed by atoms with Crippen LogP contribution in [0.5, 0.6) is 0 Å². The number of alkyl halides is 1. The lowest BCUT2D eigenvalue weighted by Gasteiger charge is -2.18. The SMILES string of the molecule is COC1(I)C=[C]CN=C1. The number of nitrogens with zero attached hydrogens (tertiary/aromatic N) is 1. The topological polar surface area (TPSA) is 21.6 Å². The molecule has 3 heteroatoms. The second-order valence-corrected chi connectivity index (χ2v) is 3.41. The van der Waals surface area contributed by atoms with E-state index >= 15 is 0 Å². The first-order chi connectivity index (χ1) is 4.27. The van der Waals surface area contributed by atoms with Crippen LogP contribution in [0.1, 0.15) is 0 Å². The summed E-state index contributed by atoms with van der Waals surface area (Å²) in [6.45, 7) is 0.661. The third-order valence-electron chi connectivity index (χ3n) is 1.06. The first-order valence-electron chi connectivity index (χ1n) is 2.60. The standard InChI is InChI=1S/C6H7INO/c1-9-6(7)3-2-4-8-5-6/h3,5H,4H2,1H3. The van der Waals surface area contributed by atoms with Crippen molar-refractivity contribution >= 4 is 28.8 Å². The zero-order chi connectivity index (χ0) is 6.74. The van der Waals surface area contributed by atoms with Gasteiger partial charge in [-0.1, -0.05) is 0 Å². The number of methoxy groups -OCH3 is 1. The van der Waals surface area contributed by atoms with Crippen molar-refractivity contribution < 1.29 is 4.74 Å². The lowest BCUT2D eigenvalue weighted by Crippen LogP contribution is -2.24. The molecular formula is C6H7INO. The van der Waals surface area contributed by atoms with Gasteiger partial charge in [-0.3, -0.25) is 4.99 Å². The summed E-state index contributed by atoms with van der Waals surface area (Å²) in [6, 6.07) is 0. The van der Waals surface area contributed by atoms with Gasteiger partial charge >= 0.3 is 0 Å². The van der Waals surface area contributed by atoms with E-state index in [0.29, 0.717) is 6.54 Å². The Morgan fingerprint density at radius 1 is 1.89 bits per heavy atom. The van der Waals surface area contributed by atoms with E-state index in [1.165, 1.54) is 0 Å². The van der Waals surface area contributed by atoms with Gasteiger partial charge in [0, 0.05) is 13.3 Å². The quantitative estimate of drug-likeness (QED) is 0.495. The molecule has 0 saturated carbocycles. The van der Waals surface area contributed by atoms with Crippen molar-refractivity contribution in [2.45, 2.75) is 3.61 Å². The van der Waals surface area contributed by atoms with Crippen LogP contribution in [0.15, 0.2) is 11.1 Å². The molecule has 0 aromatic rings. The fourth-order valence-corrected chi connectivity index (χ4v) is 0.974. The third kappa shape index (κ3) is 1.76. The molecule has 1 unspecified atom stereocenters. The van der Waals surface area contributed by atoms with Crippen LogP contribution in [-0.4, -0.2) is 23.5 Å². The fourth-order valence-electron chi connectivity index (χ4n) is 0.557. The number of ether oxygens (including phenoxy) is 1. The molecule has 0 saturated heterocycles. The Hall–Kier alpha value is 0.1000. The van der Waals surface area contributed by atoms with E-state index in [-0.39, 0.29) is 3.61 Å². The zero-order valence-electron chi connectivity index (χ0n) is 5.10. The molecule has 0 aromatic carbocycles. The molecule has 49 valence electrons. The molecule has 0 amide bonds. The van der Waals surface area contributed by atoms with Gasteiger partial charge in [-0.15, -0.1) is 0 Å². The molecule has 0 bridgehead atoms. The van der Waals surface area contributed by atoms with Gasteiger partial charge < -0.3 is 4.74 Å². The average molecular weight is 236 g/mol. The van der Waals surface area contributed by atoms with Crippen molar-refractivity contribution in [3.63, 3.8) is 0 Å². The Bertz CT molecular complexity index is 141. The minimum Gasteiger partial charge on any atom is -0.359 e. The molecule has 0 fully saturated rings. The Morgan fingerprint density at radius 2 is 2.67 bits per heavy atom. The number of dihydropyridines is 1. The van der Waals surface area contributed by atoms with Gasteiger partial charge in [0.2, 0.25) is 0 Å². The third-order valence-corrected chi connectivity index (χ3v) is 2.09. The summed E-state index contributed by atoms with van der Waals surface area (Å²) in [7, 11) is 1.65. The molecule has 0 spiro atoms. The summed E-state index contributed by atoms with van der Waals surface area (Å²) in [4.78, 5) is 4.00. The van der Waals surface area contributed by atoms with Crippen LogP contribution in [0.2, 0.25) is 0 Å². The monoisotopic (exact) mass is 236 g/mol. The number of hydrogen-bond donors (Lipinski definition) is 0. The maximum absolute atomic E-state index is 5.10. The highest BCUT2D eigenvalue weighted by molar-refractivity contribution is 14.1. The van der Waals surface area contributed by atoms with Crippen molar-refractivity contribution in [1.29, 1.82) is 0 Å². The van der Waals surface area contributed by atoms with Gasteiger partial charge in [-0.25, -0.2) is 0 Å². The summed E-state index contributed by atoms with van der Waals surface area (Å²) in [5.74, 6) is 0. The smallest absolute Gasteiger partial charge is 0.172 e. The van der Waals surface area contributed by atoms with Crippen LogP contribution in [-0.2, 0) is 4.74 Å². The fraction of sp³-hybridized carbons (Fsp3) is 0.500. The van der Waals surface area contributed by atoms with E-state index in [1.54, 1.807) is 13.3 Å². The van der Waals surface area contributed by atoms with E-state index in [4.69, 9.17) is 4.74 Å². The maximum atomic E-state index is 5.10. The van der Waals surface area contributed by atoms with Gasteiger partial charge in [0.15, 0.2) is 3.61 Å². The number of hydrogen-bond acceptors (Lipinski definition) is 2. The second-order valence-electron chi connectivity index (χ2n) is 1.72. The van der Waals surface area contributed by atoms with E-state index < -0.39 is 0 Å². The number of halogens is 1. The summed E-state index contributed by atoms with van der Waals surface area (Å²) >= 11 is 2.16. The number of aliphatic imine (C=N–C) groups is 1. The van der Waals surface area contributed by atoms with Crippen LogP contribution in [0.4, 0.5) is 0 Å². The maximum Gasteiger partial charge on any atom is 0.172 e. The van der Waals surface area contributed by atoms with Crippen LogP contribution in [0, 0.1) is 6.08 Å². The predicted molar refractivity (Wildman–Crippen MR) is 44.9 cm³/mol. The van der Waals surface area contributed by atoms with Crippen molar-refractivity contribution in [1.82, 2.24) is 0 Å². The molecule has 0 aliphatic carbocycles. The van der Waals surface area contributed by atoms with Crippen molar-refractivity contribution in [2.24, 2.45) is 4.99 Å². The van der Waals surface area contributed by atoms with Crippen molar-refractivity contribution in [3.05, 3.63) is 12.2 Å². The summed E-state index contributed by atoms with van der Waals surface area (Å²) in [5, 5.41) is 0. The molecule has 0 aromatic heterocycles. The van der Waals surface area contributed by atoms with Gasteiger partial charge in [-0.2, -0.15) is 0 Å². The number of rotatable bonds is 1. The summed E-state index contributed by atoms with van der Waals surface area (Å²) in [6.07, 6.45) is 6.63. The predicted octanol–water partition coefficient (Wildman–Crippen LogP) is 1.21. The minimum absolute atomic E-state index is 0.337. The Kier molecular flexibility index (Phi) is 2.23. The summed E-state index contributed by atoms with van der Waals surface area (Å²) in [5.41, 5.74) is 0. The second kappa shape index (κ2) is 2.79. The highest BCUT2D eigenvalue weighted by Gasteiger charge is 2.20. The van der Waals surface area contributed by atoms with Crippen LogP contribution in [0.25, 0.3) is 0 Å². The zero-order valence-corrected chi connectivity index (χ0v) is 7.25. The van der Waals surface area contributed by atoms with E-state index in [9.17, 15) is 0 Å². The van der Waals surface area contributed by atoms with Crippen LogP contribution in [0.3, 0.4) is 0 Å². The molecule has 1 radical (unpaired) electrons. The molecule has 2 nitrogen and oxygen atoms in total. The van der Waals surface area contributed by atoms with Crippen LogP contribution >= 0.6 is 22.6 Å². The first kappa shape index (κ1) is 7.21. The first-order valence-corrected chi connectivity index (χ1v) is 3.67. The summed E-state index contributed by atoms with van der Waals surface area (Å²) < 4.78 is 4.76. The Morgan fingerprint density at radius 3 is 3.00 bits per heavy atom. The molecule has 9 heavy (non-hydrogen) atoms. The average Bonchev–Trinajstić information content (AvgIpc) is 1.90. The molecule has 1 aliphatic heterocycles. The van der Waals surface area contributed by atoms with Crippen molar-refractivity contribution in [3.8, 4) is 0 Å². The minimum atomic E-state index is -0.337. The van der Waals surface area contributed by atoms with E-state index in [1.807, 2.05) is 6.08 Å². The van der Waals surface area contributed by atoms with E-state index in [2.05, 4.69) is 33.7 Å². The van der Waals surface area contributed by atoms with Crippen molar-refractivity contribution in [2.75, 3.05) is 13.7 Å². The molecule has 1 heterocycles. The largest absolute Gasteiger partial charge is 0.359 e. The molecular weight excluding hydrogens is 229 g/mol. The lowest BCUT2D eigenvalue weighted by atomic mass is 10.3. The van der Waals surface area contributed by atoms with Gasteiger partial charge in [0.05, 0.1) is 6.54 Å². The Balaban J connectivity index is 2.67. The lowest BCUT2D eigenvalue weighted by molar-refractivity contribution is 0.180. The normalized spacial score (nSPS) is 33.1. The van der Waals surface area contributed by atoms with Gasteiger partial charge in [0.1, 0.15) is 0 Å². The molecule has 1 rings (SSSR count). The molecule has 1 atom stereocenters.